The lowest BCUT2D eigenvalue weighted by Crippen LogP contribution is -2.16. The maximum absolute atomic E-state index is 5.39. The first-order chi connectivity index (χ1) is 6.35. The summed E-state index contributed by atoms with van der Waals surface area (Å²) < 4.78 is 11.9. The van der Waals surface area contributed by atoms with Crippen LogP contribution in [0.2, 0.25) is 0 Å². The molecule has 78 valence electrons. The molecule has 0 aromatic carbocycles. The summed E-state index contributed by atoms with van der Waals surface area (Å²) in [6, 6.07) is 0. The zero-order valence-electron chi connectivity index (χ0n) is 8.46. The highest BCUT2D eigenvalue weighted by Gasteiger charge is 2.03. The fraction of sp³-hybridized carbons (Fsp3) is 0.800. The van der Waals surface area contributed by atoms with E-state index in [2.05, 4.69) is 34.7 Å². The standard InChI is InChI=1S/C10H19IO2/c1-3-12-10(13-4-2)8-6-5-7-9-11/h5-6,10H,3-4,7-9H2,1-2H3/b6-5+. The Labute approximate surface area is 94.8 Å². The summed E-state index contributed by atoms with van der Waals surface area (Å²) >= 11 is 2.36. The normalized spacial score (nSPS) is 11.7. The lowest BCUT2D eigenvalue weighted by molar-refractivity contribution is -0.133. The van der Waals surface area contributed by atoms with Gasteiger partial charge in [0.15, 0.2) is 6.29 Å². The molecule has 0 amide bonds. The van der Waals surface area contributed by atoms with E-state index in [1.54, 1.807) is 0 Å². The summed E-state index contributed by atoms with van der Waals surface area (Å²) in [6.07, 6.45) is 6.25. The van der Waals surface area contributed by atoms with Gasteiger partial charge in [-0.1, -0.05) is 34.7 Å². The Hall–Kier alpha value is 0.390. The molecule has 0 unspecified atom stereocenters. The second-order valence-electron chi connectivity index (χ2n) is 2.53. The molecule has 2 nitrogen and oxygen atoms in total. The second kappa shape index (κ2) is 10.5. The van der Waals surface area contributed by atoms with E-state index in [-0.39, 0.29) is 6.29 Å². The Morgan fingerprint density at radius 2 is 1.77 bits per heavy atom. The van der Waals surface area contributed by atoms with Crippen LogP contribution in [0.1, 0.15) is 26.7 Å². The van der Waals surface area contributed by atoms with Crippen LogP contribution in [0.3, 0.4) is 0 Å². The van der Waals surface area contributed by atoms with Crippen LogP contribution in [0.4, 0.5) is 0 Å². The van der Waals surface area contributed by atoms with Crippen molar-refractivity contribution >= 4 is 22.6 Å². The molecule has 0 aliphatic carbocycles. The number of hydrogen-bond acceptors (Lipinski definition) is 2. The Morgan fingerprint density at radius 3 is 2.23 bits per heavy atom. The minimum atomic E-state index is -0.0551. The number of halogens is 1. The molecule has 0 aromatic rings. The van der Waals surface area contributed by atoms with Gasteiger partial charge in [0.2, 0.25) is 0 Å². The van der Waals surface area contributed by atoms with Crippen LogP contribution >= 0.6 is 22.6 Å². The SMILES string of the molecule is CCOC(C/C=C/CCI)OCC. The molecule has 0 fully saturated rings. The van der Waals surface area contributed by atoms with Gasteiger partial charge in [0.1, 0.15) is 0 Å². The molecule has 13 heavy (non-hydrogen) atoms. The van der Waals surface area contributed by atoms with Gasteiger partial charge in [-0.25, -0.2) is 0 Å². The summed E-state index contributed by atoms with van der Waals surface area (Å²) in [5.41, 5.74) is 0. The van der Waals surface area contributed by atoms with Gasteiger partial charge in [-0.3, -0.25) is 0 Å². The molecular formula is C10H19IO2. The number of hydrogen-bond donors (Lipinski definition) is 0. The Morgan fingerprint density at radius 1 is 1.15 bits per heavy atom. The summed E-state index contributed by atoms with van der Waals surface area (Å²) in [5, 5.41) is 0. The van der Waals surface area contributed by atoms with Crippen LogP contribution < -0.4 is 0 Å². The van der Waals surface area contributed by atoms with Gasteiger partial charge < -0.3 is 9.47 Å². The van der Waals surface area contributed by atoms with E-state index < -0.39 is 0 Å². The molecule has 0 radical (unpaired) electrons. The van der Waals surface area contributed by atoms with Crippen molar-refractivity contribution in [1.82, 2.24) is 0 Å². The molecule has 0 rings (SSSR count). The quantitative estimate of drug-likeness (QED) is 0.297. The molecule has 0 saturated carbocycles. The first kappa shape index (κ1) is 13.4. The molecule has 0 heterocycles. The molecule has 0 aliphatic heterocycles. The van der Waals surface area contributed by atoms with Gasteiger partial charge in [-0.2, -0.15) is 0 Å². The lowest BCUT2D eigenvalue weighted by Gasteiger charge is -2.14. The van der Waals surface area contributed by atoms with Gasteiger partial charge in [0.25, 0.3) is 0 Å². The predicted octanol–water partition coefficient (Wildman–Crippen LogP) is 3.16. The van der Waals surface area contributed by atoms with Crippen molar-refractivity contribution in [2.75, 3.05) is 17.6 Å². The summed E-state index contributed by atoms with van der Waals surface area (Å²) in [5.74, 6) is 0. The van der Waals surface area contributed by atoms with Crippen molar-refractivity contribution in [3.05, 3.63) is 12.2 Å². The van der Waals surface area contributed by atoms with Crippen molar-refractivity contribution in [1.29, 1.82) is 0 Å². The lowest BCUT2D eigenvalue weighted by atomic mass is 10.3. The van der Waals surface area contributed by atoms with Crippen molar-refractivity contribution in [2.45, 2.75) is 33.0 Å². The fourth-order valence-corrected chi connectivity index (χ4v) is 1.30. The van der Waals surface area contributed by atoms with Gasteiger partial charge in [0.05, 0.1) is 0 Å². The number of rotatable bonds is 8. The van der Waals surface area contributed by atoms with Crippen LogP contribution in [-0.2, 0) is 9.47 Å². The van der Waals surface area contributed by atoms with E-state index in [1.165, 1.54) is 4.43 Å². The van der Waals surface area contributed by atoms with Crippen LogP contribution in [0.5, 0.6) is 0 Å². The molecule has 0 N–H and O–H groups in total. The van der Waals surface area contributed by atoms with Crippen LogP contribution in [0.25, 0.3) is 0 Å². The van der Waals surface area contributed by atoms with Crippen molar-refractivity contribution in [2.24, 2.45) is 0 Å². The molecule has 0 atom stereocenters. The van der Waals surface area contributed by atoms with Gasteiger partial charge in [0, 0.05) is 24.1 Å². The predicted molar refractivity (Wildman–Crippen MR) is 64.3 cm³/mol. The average Bonchev–Trinajstić information content (AvgIpc) is 2.13. The zero-order chi connectivity index (χ0) is 9.94. The topological polar surface area (TPSA) is 18.5 Å². The van der Waals surface area contributed by atoms with E-state index >= 15 is 0 Å². The first-order valence-electron chi connectivity index (χ1n) is 4.79. The van der Waals surface area contributed by atoms with Crippen molar-refractivity contribution in [3.8, 4) is 0 Å². The van der Waals surface area contributed by atoms with Crippen LogP contribution in [0, 0.1) is 0 Å². The maximum Gasteiger partial charge on any atom is 0.160 e. The minimum absolute atomic E-state index is 0.0551. The van der Waals surface area contributed by atoms with Crippen molar-refractivity contribution in [3.63, 3.8) is 0 Å². The maximum atomic E-state index is 5.39. The number of ether oxygens (including phenoxy) is 2. The average molecular weight is 298 g/mol. The summed E-state index contributed by atoms with van der Waals surface area (Å²) in [4.78, 5) is 0. The third-order valence-corrected chi connectivity index (χ3v) is 2.10. The smallest absolute Gasteiger partial charge is 0.160 e. The molecular weight excluding hydrogens is 279 g/mol. The largest absolute Gasteiger partial charge is 0.353 e. The third-order valence-electron chi connectivity index (χ3n) is 1.48. The third kappa shape index (κ3) is 8.71. The van der Waals surface area contributed by atoms with Gasteiger partial charge in [-0.05, 0) is 20.3 Å². The van der Waals surface area contributed by atoms with Gasteiger partial charge >= 0.3 is 0 Å². The minimum Gasteiger partial charge on any atom is -0.353 e. The second-order valence-corrected chi connectivity index (χ2v) is 3.60. The zero-order valence-corrected chi connectivity index (χ0v) is 10.6. The van der Waals surface area contributed by atoms with E-state index in [0.717, 1.165) is 12.8 Å². The molecule has 0 aliphatic rings. The highest BCUT2D eigenvalue weighted by molar-refractivity contribution is 14.1. The monoisotopic (exact) mass is 298 g/mol. The first-order valence-corrected chi connectivity index (χ1v) is 6.31. The van der Waals surface area contributed by atoms with E-state index in [1.807, 2.05) is 13.8 Å². The Bertz CT molecular complexity index is 120. The summed E-state index contributed by atoms with van der Waals surface area (Å²) in [7, 11) is 0. The number of alkyl halides is 1. The highest BCUT2D eigenvalue weighted by atomic mass is 127. The fourth-order valence-electron chi connectivity index (χ4n) is 0.944. The van der Waals surface area contributed by atoms with Crippen molar-refractivity contribution < 1.29 is 9.47 Å². The van der Waals surface area contributed by atoms with Crippen LogP contribution in [0.15, 0.2) is 12.2 Å². The highest BCUT2D eigenvalue weighted by Crippen LogP contribution is 2.03. The van der Waals surface area contributed by atoms with E-state index in [9.17, 15) is 0 Å². The molecule has 0 saturated heterocycles. The van der Waals surface area contributed by atoms with E-state index in [4.69, 9.17) is 9.47 Å². The molecule has 3 heteroatoms. The number of allylic oxidation sites excluding steroid dienone is 1. The molecule has 0 spiro atoms. The van der Waals surface area contributed by atoms with Crippen LogP contribution in [-0.4, -0.2) is 23.9 Å². The van der Waals surface area contributed by atoms with Gasteiger partial charge in [-0.15, -0.1) is 0 Å². The summed E-state index contributed by atoms with van der Waals surface area (Å²) in [6.45, 7) is 5.40. The Kier molecular flexibility index (Phi) is 10.8. The molecule has 0 aromatic heterocycles. The molecule has 0 bridgehead atoms. The van der Waals surface area contributed by atoms with E-state index in [0.29, 0.717) is 13.2 Å². The Balaban J connectivity index is 3.54.